The van der Waals surface area contributed by atoms with Gasteiger partial charge in [0.25, 0.3) is 5.97 Å². The Hall–Kier alpha value is 1.52. The van der Waals surface area contributed by atoms with E-state index in [1.165, 1.54) is 0 Å². The molecule has 2 nitrogen and oxygen atoms in total. The van der Waals surface area contributed by atoms with Crippen molar-refractivity contribution in [3.05, 3.63) is 0 Å². The molecule has 0 fully saturated rings. The SMILES string of the molecule is CC(=O)O.[Cs]. The first-order valence-corrected chi connectivity index (χ1v) is 0.928. The number of hydrogen-bond donors (Lipinski definition) is 1. The van der Waals surface area contributed by atoms with Gasteiger partial charge in [0, 0.05) is 75.8 Å². The zero-order valence-electron chi connectivity index (χ0n) is 3.36. The van der Waals surface area contributed by atoms with Crippen molar-refractivity contribution in [1.82, 2.24) is 0 Å². The smallest absolute Gasteiger partial charge is 0.300 e. The number of rotatable bonds is 0. The Bertz CT molecular complexity index is 30.6. The van der Waals surface area contributed by atoms with Crippen molar-refractivity contribution in [1.29, 1.82) is 0 Å². The second-order valence-electron chi connectivity index (χ2n) is 0.519. The van der Waals surface area contributed by atoms with Crippen molar-refractivity contribution in [3.8, 4) is 0 Å². The predicted octanol–water partition coefficient (Wildman–Crippen LogP) is -0.290. The van der Waals surface area contributed by atoms with Gasteiger partial charge in [-0.25, -0.2) is 0 Å². The summed E-state index contributed by atoms with van der Waals surface area (Å²) < 4.78 is 0. The molecule has 0 aromatic rings. The van der Waals surface area contributed by atoms with Gasteiger partial charge in [0.15, 0.2) is 0 Å². The first-order valence-electron chi connectivity index (χ1n) is 0.928. The van der Waals surface area contributed by atoms with Gasteiger partial charge in [-0.05, 0) is 0 Å². The summed E-state index contributed by atoms with van der Waals surface area (Å²) in [7, 11) is 0. The summed E-state index contributed by atoms with van der Waals surface area (Å²) in [5.41, 5.74) is 0. The van der Waals surface area contributed by atoms with E-state index in [0.29, 0.717) is 0 Å². The maximum Gasteiger partial charge on any atom is 0.300 e. The molecule has 3 heteroatoms. The fourth-order valence-corrected chi connectivity index (χ4v) is 0. The molecule has 0 aromatic heterocycles. The summed E-state index contributed by atoms with van der Waals surface area (Å²) in [5, 5.41) is 7.42. The van der Waals surface area contributed by atoms with E-state index in [1.54, 1.807) is 0 Å². The second kappa shape index (κ2) is 5.52. The fraction of sp³-hybridized carbons (Fsp3) is 0.500. The molecular weight excluding hydrogens is 189 g/mol. The van der Waals surface area contributed by atoms with Crippen LogP contribution in [0.1, 0.15) is 6.92 Å². The summed E-state index contributed by atoms with van der Waals surface area (Å²) in [6.45, 7) is 1.08. The normalized spacial score (nSPS) is 5.00. The molecule has 1 radical (unpaired) electrons. The fourth-order valence-electron chi connectivity index (χ4n) is 0. The monoisotopic (exact) mass is 193 g/mol. The van der Waals surface area contributed by atoms with Crippen LogP contribution in [0.3, 0.4) is 0 Å². The van der Waals surface area contributed by atoms with Crippen LogP contribution in [0.15, 0.2) is 0 Å². The number of carbonyl (C=O) groups is 1. The second-order valence-corrected chi connectivity index (χ2v) is 0.519. The van der Waals surface area contributed by atoms with Gasteiger partial charge in [-0.3, -0.25) is 4.79 Å². The van der Waals surface area contributed by atoms with Crippen LogP contribution in [0.4, 0.5) is 0 Å². The molecule has 0 aliphatic rings. The average molecular weight is 193 g/mol. The molecule has 25 valence electrons. The zero-order chi connectivity index (χ0) is 3.58. The van der Waals surface area contributed by atoms with Gasteiger partial charge in [-0.1, -0.05) is 0 Å². The van der Waals surface area contributed by atoms with Crippen molar-refractivity contribution in [2.75, 3.05) is 0 Å². The Morgan fingerprint density at radius 1 is 1.80 bits per heavy atom. The van der Waals surface area contributed by atoms with Crippen LogP contribution in [0.2, 0.25) is 0 Å². The maximum absolute atomic E-state index is 9.00. The van der Waals surface area contributed by atoms with E-state index in [1.807, 2.05) is 0 Å². The van der Waals surface area contributed by atoms with Gasteiger partial charge in [0.05, 0.1) is 0 Å². The molecular formula is C2H4CsO2. The van der Waals surface area contributed by atoms with E-state index in [4.69, 9.17) is 9.90 Å². The number of aliphatic carboxylic acids is 1. The molecule has 0 atom stereocenters. The van der Waals surface area contributed by atoms with Crippen molar-refractivity contribution in [3.63, 3.8) is 0 Å². The van der Waals surface area contributed by atoms with Crippen LogP contribution in [0, 0.1) is 0 Å². The van der Waals surface area contributed by atoms with Crippen LogP contribution in [-0.2, 0) is 4.79 Å². The van der Waals surface area contributed by atoms with Gasteiger partial charge < -0.3 is 5.11 Å². The van der Waals surface area contributed by atoms with Crippen molar-refractivity contribution < 1.29 is 9.90 Å². The third-order valence-corrected chi connectivity index (χ3v) is 0. The molecule has 0 bridgehead atoms. The molecule has 0 spiro atoms. The van der Waals surface area contributed by atoms with E-state index in [2.05, 4.69) is 0 Å². The molecule has 0 aromatic carbocycles. The quantitative estimate of drug-likeness (QED) is 0.573. The summed E-state index contributed by atoms with van der Waals surface area (Å²) >= 11 is 0. The third-order valence-electron chi connectivity index (χ3n) is 0. The first kappa shape index (κ1) is 9.73. The van der Waals surface area contributed by atoms with E-state index in [-0.39, 0.29) is 68.9 Å². The third kappa shape index (κ3) is 29.6. The number of carboxylic acid groups (broad SMARTS) is 1. The van der Waals surface area contributed by atoms with Gasteiger partial charge >= 0.3 is 0 Å². The standard InChI is InChI=1S/C2H4O2.Cs/c1-2(3)4;/h1H3,(H,3,4);. The minimum Gasteiger partial charge on any atom is -0.481 e. The molecule has 0 saturated heterocycles. The van der Waals surface area contributed by atoms with E-state index in [9.17, 15) is 0 Å². The predicted molar refractivity (Wildman–Crippen MR) is 19.1 cm³/mol. The summed E-state index contributed by atoms with van der Waals surface area (Å²) in [6.07, 6.45) is 0. The van der Waals surface area contributed by atoms with Crippen molar-refractivity contribution in [2.45, 2.75) is 6.92 Å². The molecule has 0 heterocycles. The molecule has 5 heavy (non-hydrogen) atoms. The largest absolute Gasteiger partial charge is 0.481 e. The molecule has 0 unspecified atom stereocenters. The van der Waals surface area contributed by atoms with E-state index in [0.717, 1.165) is 6.92 Å². The Morgan fingerprint density at radius 3 is 1.80 bits per heavy atom. The Labute approximate surface area is 89.4 Å². The van der Waals surface area contributed by atoms with Gasteiger partial charge in [-0.2, -0.15) is 0 Å². The van der Waals surface area contributed by atoms with Crippen LogP contribution in [0.25, 0.3) is 0 Å². The van der Waals surface area contributed by atoms with Crippen molar-refractivity contribution >= 4 is 74.9 Å². The molecule has 0 aliphatic heterocycles. The van der Waals surface area contributed by atoms with Gasteiger partial charge in [0.1, 0.15) is 0 Å². The van der Waals surface area contributed by atoms with Crippen LogP contribution in [-0.4, -0.2) is 80.0 Å². The molecule has 0 rings (SSSR count). The summed E-state index contributed by atoms with van der Waals surface area (Å²) in [4.78, 5) is 9.00. The van der Waals surface area contributed by atoms with Crippen LogP contribution >= 0.6 is 0 Å². The topological polar surface area (TPSA) is 37.3 Å². The van der Waals surface area contributed by atoms with E-state index < -0.39 is 5.97 Å². The Balaban J connectivity index is 0. The van der Waals surface area contributed by atoms with Crippen molar-refractivity contribution in [2.24, 2.45) is 0 Å². The van der Waals surface area contributed by atoms with Crippen LogP contribution < -0.4 is 0 Å². The van der Waals surface area contributed by atoms with Crippen LogP contribution in [0.5, 0.6) is 0 Å². The number of carboxylic acids is 1. The first-order chi connectivity index (χ1) is 1.73. The minimum atomic E-state index is -0.833. The summed E-state index contributed by atoms with van der Waals surface area (Å²) in [6, 6.07) is 0. The molecule has 0 saturated carbocycles. The average Bonchev–Trinajstić information content (AvgIpc) is 0.811. The number of hydrogen-bond acceptors (Lipinski definition) is 1. The minimum absolute atomic E-state index is 0. The summed E-state index contributed by atoms with van der Waals surface area (Å²) in [5.74, 6) is -0.833. The van der Waals surface area contributed by atoms with Gasteiger partial charge in [-0.15, -0.1) is 0 Å². The van der Waals surface area contributed by atoms with Gasteiger partial charge in [0.2, 0.25) is 0 Å². The molecule has 0 aliphatic carbocycles. The van der Waals surface area contributed by atoms with E-state index >= 15 is 0 Å². The maximum atomic E-state index is 9.00. The Kier molecular flexibility index (Phi) is 10.7. The molecule has 0 amide bonds. The Morgan fingerprint density at radius 2 is 1.80 bits per heavy atom. The molecule has 1 N–H and O–H groups in total. The zero-order valence-corrected chi connectivity index (χ0v) is 9.64.